The van der Waals surface area contributed by atoms with Crippen molar-refractivity contribution < 1.29 is 9.84 Å². The van der Waals surface area contributed by atoms with Gasteiger partial charge in [-0.15, -0.1) is 0 Å². The summed E-state index contributed by atoms with van der Waals surface area (Å²) >= 11 is 0. The molecule has 0 amide bonds. The van der Waals surface area contributed by atoms with E-state index in [9.17, 15) is 0 Å². The number of fused-ring (bicyclic) bond motifs is 1. The van der Waals surface area contributed by atoms with E-state index < -0.39 is 0 Å². The minimum atomic E-state index is -0.0886. The van der Waals surface area contributed by atoms with Crippen LogP contribution < -0.4 is 16.0 Å². The van der Waals surface area contributed by atoms with Crippen LogP contribution in [-0.4, -0.2) is 38.5 Å². The number of hydrazine groups is 1. The Bertz CT molecular complexity index is 456. The summed E-state index contributed by atoms with van der Waals surface area (Å²) in [6.07, 6.45) is 1.54. The SMILES string of the molecule is NNc1nc(OCCO)c2cn[nH]c2n1. The monoisotopic (exact) mass is 210 g/mol. The third-order valence-electron chi connectivity index (χ3n) is 1.73. The van der Waals surface area contributed by atoms with Crippen molar-refractivity contribution in [3.8, 4) is 5.88 Å². The zero-order valence-electron chi connectivity index (χ0n) is 7.77. The highest BCUT2D eigenvalue weighted by atomic mass is 16.5. The third kappa shape index (κ3) is 1.80. The number of hydrogen-bond donors (Lipinski definition) is 4. The quantitative estimate of drug-likeness (QED) is 0.377. The molecule has 2 rings (SSSR count). The number of nitrogen functional groups attached to an aromatic ring is 1. The number of hydrogen-bond acceptors (Lipinski definition) is 7. The molecule has 15 heavy (non-hydrogen) atoms. The van der Waals surface area contributed by atoms with Gasteiger partial charge in [0.1, 0.15) is 12.0 Å². The maximum absolute atomic E-state index is 8.64. The van der Waals surface area contributed by atoms with Crippen LogP contribution in [0.2, 0.25) is 0 Å². The number of H-pyrrole nitrogens is 1. The Kier molecular flexibility index (Phi) is 2.61. The molecule has 5 N–H and O–H groups in total. The molecule has 8 heteroatoms. The fourth-order valence-electron chi connectivity index (χ4n) is 1.13. The standard InChI is InChI=1S/C7H10N6O2/c8-12-7-10-5-4(3-9-13-5)6(11-7)15-2-1-14/h3,14H,1-2,8H2,(H2,9,10,11,12,13). The average Bonchev–Trinajstić information content (AvgIpc) is 2.73. The molecule has 0 atom stereocenters. The summed E-state index contributed by atoms with van der Waals surface area (Å²) in [7, 11) is 0. The molecule has 0 aliphatic rings. The van der Waals surface area contributed by atoms with Crippen LogP contribution in [0.15, 0.2) is 6.20 Å². The zero-order chi connectivity index (χ0) is 10.7. The molecule has 0 fully saturated rings. The molecule has 0 aliphatic heterocycles. The molecule has 0 bridgehead atoms. The highest BCUT2D eigenvalue weighted by Gasteiger charge is 2.09. The van der Waals surface area contributed by atoms with Crippen LogP contribution in [0, 0.1) is 0 Å². The molecule has 0 radical (unpaired) electrons. The van der Waals surface area contributed by atoms with Gasteiger partial charge in [0.05, 0.1) is 12.8 Å². The van der Waals surface area contributed by atoms with Gasteiger partial charge >= 0.3 is 0 Å². The fraction of sp³-hybridized carbons (Fsp3) is 0.286. The van der Waals surface area contributed by atoms with Crippen molar-refractivity contribution in [3.05, 3.63) is 6.20 Å². The van der Waals surface area contributed by atoms with Crippen LogP contribution in [-0.2, 0) is 0 Å². The summed E-state index contributed by atoms with van der Waals surface area (Å²) in [6, 6.07) is 0. The van der Waals surface area contributed by atoms with E-state index in [2.05, 4.69) is 25.6 Å². The molecule has 2 aromatic heterocycles. The van der Waals surface area contributed by atoms with E-state index in [1.807, 2.05) is 0 Å². The summed E-state index contributed by atoms with van der Waals surface area (Å²) < 4.78 is 5.21. The van der Waals surface area contributed by atoms with Crippen molar-refractivity contribution in [2.75, 3.05) is 18.6 Å². The normalized spacial score (nSPS) is 10.5. The van der Waals surface area contributed by atoms with Crippen LogP contribution in [0.3, 0.4) is 0 Å². The highest BCUT2D eigenvalue weighted by Crippen LogP contribution is 2.21. The molecule has 0 saturated carbocycles. The summed E-state index contributed by atoms with van der Waals surface area (Å²) in [5.41, 5.74) is 2.83. The Morgan fingerprint density at radius 2 is 2.40 bits per heavy atom. The predicted octanol–water partition coefficient (Wildman–Crippen LogP) is -0.990. The number of aromatic nitrogens is 4. The van der Waals surface area contributed by atoms with Crippen LogP contribution in [0.25, 0.3) is 11.0 Å². The largest absolute Gasteiger partial charge is 0.475 e. The van der Waals surface area contributed by atoms with Crippen molar-refractivity contribution in [1.29, 1.82) is 0 Å². The average molecular weight is 210 g/mol. The first-order valence-electron chi connectivity index (χ1n) is 4.26. The van der Waals surface area contributed by atoms with Crippen LogP contribution >= 0.6 is 0 Å². The Labute approximate surface area is 84.4 Å². The van der Waals surface area contributed by atoms with Gasteiger partial charge in [-0.2, -0.15) is 15.1 Å². The molecule has 80 valence electrons. The van der Waals surface area contributed by atoms with E-state index in [1.165, 1.54) is 0 Å². The van der Waals surface area contributed by atoms with Gasteiger partial charge in [-0.3, -0.25) is 10.5 Å². The fourth-order valence-corrected chi connectivity index (χ4v) is 1.13. The van der Waals surface area contributed by atoms with Gasteiger partial charge in [0, 0.05) is 0 Å². The molecular weight excluding hydrogens is 200 g/mol. The van der Waals surface area contributed by atoms with Crippen LogP contribution in [0.4, 0.5) is 5.95 Å². The summed E-state index contributed by atoms with van der Waals surface area (Å²) in [6.45, 7) is 0.0655. The minimum Gasteiger partial charge on any atom is -0.475 e. The Balaban J connectivity index is 2.43. The lowest BCUT2D eigenvalue weighted by Gasteiger charge is -2.05. The third-order valence-corrected chi connectivity index (χ3v) is 1.73. The maximum Gasteiger partial charge on any atom is 0.242 e. The van der Waals surface area contributed by atoms with Gasteiger partial charge in [-0.25, -0.2) is 5.84 Å². The van der Waals surface area contributed by atoms with Crippen LogP contribution in [0.1, 0.15) is 0 Å². The molecular formula is C7H10N6O2. The number of aliphatic hydroxyl groups is 1. The van der Waals surface area contributed by atoms with E-state index in [0.717, 1.165) is 0 Å². The van der Waals surface area contributed by atoms with Crippen LogP contribution in [0.5, 0.6) is 5.88 Å². The van der Waals surface area contributed by atoms with E-state index in [0.29, 0.717) is 16.9 Å². The number of rotatable bonds is 4. The molecule has 0 unspecified atom stereocenters. The number of nitrogens with two attached hydrogens (primary N) is 1. The number of nitrogens with one attached hydrogen (secondary N) is 2. The summed E-state index contributed by atoms with van der Waals surface area (Å²) in [5.74, 6) is 5.74. The number of aromatic amines is 1. The second-order valence-electron chi connectivity index (χ2n) is 2.70. The van der Waals surface area contributed by atoms with Crippen molar-refractivity contribution in [1.82, 2.24) is 20.2 Å². The number of anilines is 1. The lowest BCUT2D eigenvalue weighted by molar-refractivity contribution is 0.198. The van der Waals surface area contributed by atoms with E-state index in [-0.39, 0.29) is 19.2 Å². The van der Waals surface area contributed by atoms with Gasteiger partial charge in [0.25, 0.3) is 0 Å². The number of aliphatic hydroxyl groups excluding tert-OH is 1. The van der Waals surface area contributed by atoms with Crippen molar-refractivity contribution in [2.24, 2.45) is 5.84 Å². The van der Waals surface area contributed by atoms with Gasteiger partial charge in [-0.1, -0.05) is 0 Å². The molecule has 0 spiro atoms. The topological polar surface area (TPSA) is 122 Å². The number of nitrogens with zero attached hydrogens (tertiary/aromatic N) is 3. The van der Waals surface area contributed by atoms with Gasteiger partial charge in [-0.05, 0) is 0 Å². The van der Waals surface area contributed by atoms with Gasteiger partial charge in [0.2, 0.25) is 11.8 Å². The molecule has 0 aliphatic carbocycles. The second kappa shape index (κ2) is 4.07. The molecule has 8 nitrogen and oxygen atoms in total. The van der Waals surface area contributed by atoms with Crippen molar-refractivity contribution in [3.63, 3.8) is 0 Å². The van der Waals surface area contributed by atoms with E-state index in [1.54, 1.807) is 6.20 Å². The molecule has 0 saturated heterocycles. The molecule has 2 heterocycles. The predicted molar refractivity (Wildman–Crippen MR) is 52.1 cm³/mol. The number of ether oxygens (including phenoxy) is 1. The summed E-state index contributed by atoms with van der Waals surface area (Å²) in [4.78, 5) is 8.00. The maximum atomic E-state index is 8.64. The van der Waals surface area contributed by atoms with Crippen molar-refractivity contribution in [2.45, 2.75) is 0 Å². The Morgan fingerprint density at radius 1 is 1.53 bits per heavy atom. The van der Waals surface area contributed by atoms with Gasteiger partial charge < -0.3 is 9.84 Å². The first kappa shape index (κ1) is 9.62. The Morgan fingerprint density at radius 3 is 3.13 bits per heavy atom. The second-order valence-corrected chi connectivity index (χ2v) is 2.70. The lowest BCUT2D eigenvalue weighted by Crippen LogP contribution is -2.12. The van der Waals surface area contributed by atoms with Gasteiger partial charge in [0.15, 0.2) is 5.65 Å². The zero-order valence-corrected chi connectivity index (χ0v) is 7.77. The molecule has 2 aromatic rings. The minimum absolute atomic E-state index is 0.0886. The highest BCUT2D eigenvalue weighted by molar-refractivity contribution is 5.80. The van der Waals surface area contributed by atoms with E-state index in [4.69, 9.17) is 15.7 Å². The summed E-state index contributed by atoms with van der Waals surface area (Å²) in [5, 5.41) is 15.8. The smallest absolute Gasteiger partial charge is 0.242 e. The molecule has 0 aromatic carbocycles. The lowest BCUT2D eigenvalue weighted by atomic mass is 10.4. The first-order valence-corrected chi connectivity index (χ1v) is 4.26. The van der Waals surface area contributed by atoms with E-state index >= 15 is 0 Å². The first-order chi connectivity index (χ1) is 7.35. The van der Waals surface area contributed by atoms with Crippen molar-refractivity contribution >= 4 is 17.0 Å². The Hall–Kier alpha value is -1.93.